The van der Waals surface area contributed by atoms with Crippen LogP contribution in [0.3, 0.4) is 0 Å². The number of carbonyl (C=O) groups excluding carboxylic acids is 13. The number of amides is 3. The lowest BCUT2D eigenvalue weighted by Crippen LogP contribution is -2.47. The predicted octanol–water partition coefficient (Wildman–Crippen LogP) is 17.5. The molecule has 12 aromatic rings. The number of pyridine rings is 5. The van der Waals surface area contributed by atoms with Crippen molar-refractivity contribution in [3.8, 4) is 28.7 Å². The van der Waals surface area contributed by atoms with E-state index < -0.39 is 27.9 Å². The molecule has 14 N–H and O–H groups in total. The fraction of sp³-hybridized carbons (Fsp3) is 0.374. The zero-order chi connectivity index (χ0) is 104. The Bertz CT molecular complexity index is 6330. The largest absolute Gasteiger partial charge is 0.492 e. The van der Waals surface area contributed by atoms with Gasteiger partial charge in [0.25, 0.3) is 11.8 Å². The van der Waals surface area contributed by atoms with Gasteiger partial charge in [-0.2, -0.15) is 38.4 Å². The number of nitrogens with two attached hydrogens (primary N) is 5. The molecule has 5 heterocycles. The molecule has 33 heteroatoms. The second-order valence-corrected chi connectivity index (χ2v) is 35.9. The van der Waals surface area contributed by atoms with Crippen LogP contribution in [0.5, 0.6) is 28.7 Å². The van der Waals surface area contributed by atoms with Crippen molar-refractivity contribution in [1.29, 1.82) is 0 Å². The van der Waals surface area contributed by atoms with Crippen LogP contribution in [0.15, 0.2) is 170 Å². The van der Waals surface area contributed by atoms with Gasteiger partial charge in [-0.05, 0) is 238 Å². The number of unbranched alkanes of at least 4 members (excludes halogenated alkanes) is 2. The maximum Gasteiger partial charge on any atom is 0.373 e. The molecule has 1 aliphatic rings. The smallest absolute Gasteiger partial charge is 0.373 e. The number of hydrogen-bond acceptors (Lipinski definition) is 29. The molecule has 0 spiro atoms. The van der Waals surface area contributed by atoms with Crippen LogP contribution in [0, 0.1) is 51.4 Å². The number of aromatic carboxylic acids is 1. The SMILES string of the molecule is CCCCC(=O)C(C)(C)COc1cccc2nc(C)c(C(=O)O)c(N)c12.CCCCC(=O)C(C)(C)COc1cccc2nc(CC)cc(N)c12.Cc1cc(N)c2c(OCC(C)(C)NC(=O)c3ccccc3)cccc2n1.Cc1cc(N)c2c(OCC(C)NC(=O)C3CCCCC3)cccc2n1.Cc1cccc(C(=O)NC(C)(C)COc2cccc3nc(C)cc(N)c23)c1.O=C=O.O=C=O.O=C=O.O=C=O. The van der Waals surface area contributed by atoms with E-state index in [2.05, 4.69) is 54.7 Å². The van der Waals surface area contributed by atoms with Gasteiger partial charge in [0.1, 0.15) is 78.9 Å². The number of Topliss-reactive ketones (excluding diaryl/α,β-unsaturated/α-hetero) is 2. The number of nitrogens with zero attached hydrogens (tertiary/aromatic N) is 5. The molecule has 1 atom stereocenters. The topological polar surface area (TPSA) is 536 Å². The van der Waals surface area contributed by atoms with Crippen LogP contribution in [-0.2, 0) is 59.2 Å². The number of carboxylic acids is 1. The Kier molecular flexibility index (Phi) is 46.0. The van der Waals surface area contributed by atoms with E-state index in [1.807, 2.05) is 230 Å². The van der Waals surface area contributed by atoms with Crippen LogP contribution < -0.4 is 68.3 Å². The molecule has 742 valence electrons. The van der Waals surface area contributed by atoms with Crippen LogP contribution in [0.4, 0.5) is 28.4 Å². The van der Waals surface area contributed by atoms with Gasteiger partial charge in [-0.1, -0.05) is 119 Å². The number of benzene rings is 7. The van der Waals surface area contributed by atoms with Gasteiger partial charge in [0.15, 0.2) is 0 Å². The number of rotatable bonds is 31. The summed E-state index contributed by atoms with van der Waals surface area (Å²) in [5.74, 6) is 2.49. The number of nitrogen functional groups attached to an aromatic ring is 5. The first kappa shape index (κ1) is 115. The highest BCUT2D eigenvalue weighted by Gasteiger charge is 2.32. The summed E-state index contributed by atoms with van der Waals surface area (Å²) in [4.78, 5) is 161. The number of nitrogens with one attached hydrogen (secondary N) is 3. The molecule has 3 amide bonds. The van der Waals surface area contributed by atoms with E-state index in [4.69, 9.17) is 90.7 Å². The van der Waals surface area contributed by atoms with Crippen molar-refractivity contribution in [3.05, 3.63) is 221 Å². The van der Waals surface area contributed by atoms with Gasteiger partial charge in [0.05, 0.1) is 93.8 Å². The first-order chi connectivity index (χ1) is 66.4. The molecule has 140 heavy (non-hydrogen) atoms. The Balaban J connectivity index is 0.000000299. The second kappa shape index (κ2) is 56.1. The summed E-state index contributed by atoms with van der Waals surface area (Å²) in [6, 6.07) is 52.1. The third-order valence-electron chi connectivity index (χ3n) is 22.0. The van der Waals surface area contributed by atoms with Gasteiger partial charge in [-0.3, -0.25) is 48.9 Å². The molecule has 5 aromatic heterocycles. The summed E-state index contributed by atoms with van der Waals surface area (Å²) in [6.45, 7) is 34.3. The number of hydrogen-bond donors (Lipinski definition) is 9. The lowest BCUT2D eigenvalue weighted by Gasteiger charge is -2.27. The number of carboxylic acid groups (broad SMARTS) is 1. The average molecular weight is 1920 g/mol. The number of anilines is 5. The number of ketones is 2. The molecule has 7 aromatic carbocycles. The van der Waals surface area contributed by atoms with Crippen molar-refractivity contribution < 1.29 is 95.9 Å². The van der Waals surface area contributed by atoms with Crippen molar-refractivity contribution in [2.45, 2.75) is 212 Å². The summed E-state index contributed by atoms with van der Waals surface area (Å²) in [5.41, 5.74) is 41.3. The maximum atomic E-state index is 12.5. The summed E-state index contributed by atoms with van der Waals surface area (Å²) in [7, 11) is 0. The molecule has 0 bridgehead atoms. The van der Waals surface area contributed by atoms with Crippen LogP contribution in [-0.4, -0.2) is 140 Å². The molecule has 0 saturated heterocycles. The van der Waals surface area contributed by atoms with Gasteiger partial charge in [0.2, 0.25) is 5.91 Å². The number of aryl methyl sites for hydroxylation is 6. The van der Waals surface area contributed by atoms with Crippen LogP contribution in [0.2, 0.25) is 0 Å². The predicted molar refractivity (Wildman–Crippen MR) is 535 cm³/mol. The molecule has 1 saturated carbocycles. The summed E-state index contributed by atoms with van der Waals surface area (Å²) >= 11 is 0. The van der Waals surface area contributed by atoms with Gasteiger partial charge >= 0.3 is 30.6 Å². The standard InChI is InChI=1S/C22H25N3O2.C21H23N3O2.C20H27N3O2.C20H26N2O4.C20H28N2O2.4CO2/c1-14-7-5-8-16(11-14)21(26)25-22(3,4)13-27-19-10-6-9-18-20(19)17(23)12-15(2)24-18;1-14-12-16(22)19-17(23-14)10-7-11-18(19)26-13-21(2,3)24-20(25)15-8-5-4-6-9-15;1-13-11-16(21)19-17(22-13)9-6-10-18(19)25-12-14(2)23-20(24)15-7-4-3-5-8-15;1-5-6-10-15(23)20(3,4)11-26-14-9-7-8-13-17(14)18(21)16(19(24)25)12(2)22-13;1-5-7-11-18(23)20(3,4)13-24-17-10-8-9-16-19(17)15(21)12-14(6-2)22-16;4*2-1-3/h5-12H,13H2,1-4H3,(H2,23,24)(H,25,26);4-12H,13H2,1-3H3,(H2,22,23)(H,24,25);6,9-11,14-15H,3-5,7-8,12H2,1-2H3,(H2,21,22)(H,23,24);7-9H,5-6,10-11H2,1-4H3,(H2,21,22)(H,24,25);8-10,12H,5-7,11,13H2,1-4H3,(H2,21,22);;;;. The van der Waals surface area contributed by atoms with Gasteiger partial charge in [-0.15, -0.1) is 0 Å². The third-order valence-corrected chi connectivity index (χ3v) is 22.0. The molecule has 13 rings (SSSR count). The minimum atomic E-state index is -1.13. The lowest BCUT2D eigenvalue weighted by atomic mass is 9.86. The van der Waals surface area contributed by atoms with Gasteiger partial charge in [0, 0.05) is 75.4 Å². The van der Waals surface area contributed by atoms with E-state index in [0.717, 1.165) is 130 Å². The normalized spacial score (nSPS) is 11.6. The van der Waals surface area contributed by atoms with E-state index in [0.29, 0.717) is 118 Å². The van der Waals surface area contributed by atoms with Crippen LogP contribution >= 0.6 is 0 Å². The Labute approximate surface area is 815 Å². The highest BCUT2D eigenvalue weighted by Crippen LogP contribution is 2.39. The summed E-state index contributed by atoms with van der Waals surface area (Å²) in [6.07, 6.45) is 12.3. The minimum Gasteiger partial charge on any atom is -0.492 e. The monoisotopic (exact) mass is 1920 g/mol. The van der Waals surface area contributed by atoms with Crippen molar-refractivity contribution in [2.75, 3.05) is 61.7 Å². The number of carbonyl (C=O) groups is 6. The Morgan fingerprint density at radius 3 is 1.14 bits per heavy atom. The number of aromatic nitrogens is 5. The summed E-state index contributed by atoms with van der Waals surface area (Å²) in [5, 5.41) is 22.2. The average Bonchev–Trinajstić information content (AvgIpc) is 0.765. The highest BCUT2D eigenvalue weighted by molar-refractivity contribution is 6.07. The second-order valence-electron chi connectivity index (χ2n) is 35.9. The highest BCUT2D eigenvalue weighted by atomic mass is 16.5. The Hall–Kier alpha value is -15.7. The minimum absolute atomic E-state index is 0.0215. The first-order valence-corrected chi connectivity index (χ1v) is 45.7. The van der Waals surface area contributed by atoms with Crippen molar-refractivity contribution in [3.63, 3.8) is 0 Å². The van der Waals surface area contributed by atoms with E-state index in [-0.39, 0.29) is 83.7 Å². The molecule has 33 nitrogen and oxygen atoms in total. The number of ether oxygens (including phenoxy) is 5. The molecule has 0 aliphatic heterocycles. The molecular formula is C107H129N13O20. The quantitative estimate of drug-likeness (QED) is 0.0195. The van der Waals surface area contributed by atoms with E-state index in [1.54, 1.807) is 43.3 Å². The van der Waals surface area contributed by atoms with E-state index >= 15 is 0 Å². The van der Waals surface area contributed by atoms with Crippen LogP contribution in [0.25, 0.3) is 54.5 Å². The van der Waals surface area contributed by atoms with E-state index in [9.17, 15) is 33.9 Å². The molecular weight excluding hydrogens is 1790 g/mol. The molecule has 1 unspecified atom stereocenters. The molecule has 1 aliphatic carbocycles. The van der Waals surface area contributed by atoms with Crippen molar-refractivity contribution in [2.24, 2.45) is 16.7 Å². The van der Waals surface area contributed by atoms with Crippen molar-refractivity contribution >= 4 is 143 Å². The molecule has 0 radical (unpaired) electrons. The fourth-order valence-electron chi connectivity index (χ4n) is 14.8. The van der Waals surface area contributed by atoms with Gasteiger partial charge in [-0.25, -0.2) is 4.79 Å². The summed E-state index contributed by atoms with van der Waals surface area (Å²) < 4.78 is 29.9. The Morgan fingerprint density at radius 1 is 0.421 bits per heavy atom. The lowest BCUT2D eigenvalue weighted by molar-refractivity contribution is -0.193. The third kappa shape index (κ3) is 35.5. The maximum absolute atomic E-state index is 12.5. The zero-order valence-corrected chi connectivity index (χ0v) is 82.7. The molecule has 1 fully saturated rings. The van der Waals surface area contributed by atoms with Crippen LogP contribution in [0.1, 0.15) is 219 Å². The Morgan fingerprint density at radius 2 is 0.764 bits per heavy atom. The fourth-order valence-corrected chi connectivity index (χ4v) is 14.8. The zero-order valence-electron chi connectivity index (χ0n) is 82.7. The first-order valence-electron chi connectivity index (χ1n) is 45.7. The van der Waals surface area contributed by atoms with E-state index in [1.165, 1.54) is 6.42 Å². The van der Waals surface area contributed by atoms with Crippen molar-refractivity contribution in [1.82, 2.24) is 40.9 Å². The van der Waals surface area contributed by atoms with Gasteiger partial charge < -0.3 is 73.4 Å². The number of fused-ring (bicyclic) bond motifs is 5.